The summed E-state index contributed by atoms with van der Waals surface area (Å²) in [5, 5.41) is 7.29. The first-order chi connectivity index (χ1) is 10.5. The molecule has 1 amide bonds. The van der Waals surface area contributed by atoms with Crippen LogP contribution in [0, 0.1) is 5.92 Å². The van der Waals surface area contributed by atoms with Gasteiger partial charge in [-0.1, -0.05) is 41.9 Å². The molecule has 0 aliphatic rings. The highest BCUT2D eigenvalue weighted by Gasteiger charge is 2.05. The Morgan fingerprint density at radius 2 is 2.18 bits per heavy atom. The molecule has 5 heteroatoms. The molecule has 0 saturated heterocycles. The van der Waals surface area contributed by atoms with Crippen LogP contribution in [0.4, 0.5) is 0 Å². The Morgan fingerprint density at radius 3 is 2.91 bits per heavy atom. The number of aromatic nitrogens is 2. The van der Waals surface area contributed by atoms with Crippen LogP contribution < -0.4 is 5.32 Å². The summed E-state index contributed by atoms with van der Waals surface area (Å²) in [6.07, 6.45) is 5.22. The summed E-state index contributed by atoms with van der Waals surface area (Å²) in [5.41, 5.74) is 2.22. The number of hydrogen-bond acceptors (Lipinski definition) is 2. The lowest BCUT2D eigenvalue weighted by molar-refractivity contribution is -0.121. The summed E-state index contributed by atoms with van der Waals surface area (Å²) in [6, 6.07) is 8.14. The van der Waals surface area contributed by atoms with Crippen molar-refractivity contribution in [3.05, 3.63) is 41.1 Å². The van der Waals surface area contributed by atoms with Crippen LogP contribution in [0.5, 0.6) is 0 Å². The van der Waals surface area contributed by atoms with E-state index < -0.39 is 0 Å². The Morgan fingerprint density at radius 1 is 1.36 bits per heavy atom. The van der Waals surface area contributed by atoms with Gasteiger partial charge in [-0.2, -0.15) is 5.10 Å². The second-order valence-electron chi connectivity index (χ2n) is 5.80. The van der Waals surface area contributed by atoms with Gasteiger partial charge in [0.15, 0.2) is 0 Å². The number of benzene rings is 1. The van der Waals surface area contributed by atoms with E-state index in [0.717, 1.165) is 35.1 Å². The summed E-state index contributed by atoms with van der Waals surface area (Å²) < 4.78 is 2.95. The van der Waals surface area contributed by atoms with E-state index in [2.05, 4.69) is 52.3 Å². The highest BCUT2D eigenvalue weighted by molar-refractivity contribution is 9.10. The molecule has 0 saturated carbocycles. The standard InChI is InChI=1S/C17H22BrN3O/c1-13(2)10-19-17(22)7-4-8-21-12-15(11-20-21)14-5-3-6-16(18)9-14/h3,5-6,9,11-13H,4,7-8,10H2,1-2H3,(H,19,22). The highest BCUT2D eigenvalue weighted by Crippen LogP contribution is 2.22. The molecule has 0 radical (unpaired) electrons. The molecule has 0 aliphatic carbocycles. The van der Waals surface area contributed by atoms with Gasteiger partial charge in [0.25, 0.3) is 0 Å². The first kappa shape index (κ1) is 16.7. The lowest BCUT2D eigenvalue weighted by Crippen LogP contribution is -2.27. The SMILES string of the molecule is CC(C)CNC(=O)CCCn1cc(-c2cccc(Br)c2)cn1. The summed E-state index contributed by atoms with van der Waals surface area (Å²) in [4.78, 5) is 11.7. The first-order valence-corrected chi connectivity index (χ1v) is 8.39. The molecule has 1 N–H and O–H groups in total. The topological polar surface area (TPSA) is 46.9 Å². The third-order valence-corrected chi connectivity index (χ3v) is 3.78. The Kier molecular flexibility index (Phi) is 6.19. The maximum Gasteiger partial charge on any atom is 0.220 e. The second kappa shape index (κ2) is 8.13. The van der Waals surface area contributed by atoms with Gasteiger partial charge >= 0.3 is 0 Å². The van der Waals surface area contributed by atoms with E-state index in [4.69, 9.17) is 0 Å². The average Bonchev–Trinajstić information content (AvgIpc) is 2.94. The molecule has 0 bridgehead atoms. The molecule has 2 rings (SSSR count). The van der Waals surface area contributed by atoms with Crippen LogP contribution in [0.2, 0.25) is 0 Å². The minimum Gasteiger partial charge on any atom is -0.356 e. The molecule has 0 fully saturated rings. The van der Waals surface area contributed by atoms with Crippen LogP contribution in [-0.2, 0) is 11.3 Å². The van der Waals surface area contributed by atoms with Gasteiger partial charge < -0.3 is 5.32 Å². The predicted octanol–water partition coefficient (Wildman–Crippen LogP) is 3.87. The van der Waals surface area contributed by atoms with Crippen molar-refractivity contribution < 1.29 is 4.79 Å². The number of hydrogen-bond donors (Lipinski definition) is 1. The molecule has 0 atom stereocenters. The Labute approximate surface area is 140 Å². The van der Waals surface area contributed by atoms with Crippen LogP contribution in [0.3, 0.4) is 0 Å². The Bertz CT molecular complexity index is 622. The largest absolute Gasteiger partial charge is 0.356 e. The molecule has 0 unspecified atom stereocenters. The van der Waals surface area contributed by atoms with Crippen molar-refractivity contribution in [1.29, 1.82) is 0 Å². The van der Waals surface area contributed by atoms with Crippen molar-refractivity contribution in [1.82, 2.24) is 15.1 Å². The van der Waals surface area contributed by atoms with Gasteiger partial charge in [0.2, 0.25) is 5.91 Å². The summed E-state index contributed by atoms with van der Waals surface area (Å²) >= 11 is 3.48. The highest BCUT2D eigenvalue weighted by atomic mass is 79.9. The smallest absolute Gasteiger partial charge is 0.220 e. The molecule has 0 aliphatic heterocycles. The van der Waals surface area contributed by atoms with Crippen molar-refractivity contribution in [2.45, 2.75) is 33.2 Å². The fourth-order valence-electron chi connectivity index (χ4n) is 2.11. The third-order valence-electron chi connectivity index (χ3n) is 3.29. The number of aryl methyl sites for hydroxylation is 1. The minimum atomic E-state index is 0.119. The molecular formula is C17H22BrN3O. The van der Waals surface area contributed by atoms with Crippen molar-refractivity contribution >= 4 is 21.8 Å². The van der Waals surface area contributed by atoms with E-state index in [-0.39, 0.29) is 5.91 Å². The van der Waals surface area contributed by atoms with Crippen molar-refractivity contribution in [2.75, 3.05) is 6.54 Å². The van der Waals surface area contributed by atoms with Crippen LogP contribution in [-0.4, -0.2) is 22.2 Å². The first-order valence-electron chi connectivity index (χ1n) is 7.59. The number of amides is 1. The summed E-state index contributed by atoms with van der Waals surface area (Å²) in [6.45, 7) is 5.68. The molecule has 22 heavy (non-hydrogen) atoms. The Balaban J connectivity index is 1.81. The normalized spacial score (nSPS) is 10.9. The van der Waals surface area contributed by atoms with Crippen molar-refractivity contribution in [3.63, 3.8) is 0 Å². The molecule has 118 valence electrons. The number of carbonyl (C=O) groups is 1. The maximum absolute atomic E-state index is 11.7. The molecule has 2 aromatic rings. The lowest BCUT2D eigenvalue weighted by Gasteiger charge is -2.07. The van der Waals surface area contributed by atoms with E-state index >= 15 is 0 Å². The number of carbonyl (C=O) groups excluding carboxylic acids is 1. The zero-order chi connectivity index (χ0) is 15.9. The van der Waals surface area contributed by atoms with Crippen molar-refractivity contribution in [3.8, 4) is 11.1 Å². The van der Waals surface area contributed by atoms with E-state index in [9.17, 15) is 4.79 Å². The quantitative estimate of drug-likeness (QED) is 0.811. The fraction of sp³-hybridized carbons (Fsp3) is 0.412. The zero-order valence-electron chi connectivity index (χ0n) is 13.1. The monoisotopic (exact) mass is 363 g/mol. The molecule has 0 spiro atoms. The molecule has 1 aromatic carbocycles. The zero-order valence-corrected chi connectivity index (χ0v) is 14.6. The van der Waals surface area contributed by atoms with E-state index in [1.54, 1.807) is 0 Å². The van der Waals surface area contributed by atoms with Gasteiger partial charge in [-0.05, 0) is 30.0 Å². The van der Waals surface area contributed by atoms with Gasteiger partial charge in [0, 0.05) is 35.7 Å². The number of halogens is 1. The van der Waals surface area contributed by atoms with Crippen LogP contribution in [0.15, 0.2) is 41.1 Å². The van der Waals surface area contributed by atoms with Gasteiger partial charge in [-0.15, -0.1) is 0 Å². The second-order valence-corrected chi connectivity index (χ2v) is 6.72. The van der Waals surface area contributed by atoms with Gasteiger partial charge in [-0.25, -0.2) is 0 Å². The predicted molar refractivity (Wildman–Crippen MR) is 92.4 cm³/mol. The maximum atomic E-state index is 11.7. The van der Waals surface area contributed by atoms with E-state index in [0.29, 0.717) is 12.3 Å². The molecule has 1 heterocycles. The van der Waals surface area contributed by atoms with Crippen LogP contribution in [0.1, 0.15) is 26.7 Å². The molecule has 1 aromatic heterocycles. The summed E-state index contributed by atoms with van der Waals surface area (Å²) in [7, 11) is 0. The van der Waals surface area contributed by atoms with E-state index in [1.165, 1.54) is 0 Å². The fourth-order valence-corrected chi connectivity index (χ4v) is 2.51. The Hall–Kier alpha value is -1.62. The number of nitrogens with zero attached hydrogens (tertiary/aromatic N) is 2. The van der Waals surface area contributed by atoms with E-state index in [1.807, 2.05) is 29.2 Å². The number of nitrogens with one attached hydrogen (secondary N) is 1. The summed E-state index contributed by atoms with van der Waals surface area (Å²) in [5.74, 6) is 0.607. The van der Waals surface area contributed by atoms with Gasteiger partial charge in [0.1, 0.15) is 0 Å². The van der Waals surface area contributed by atoms with Crippen LogP contribution in [0.25, 0.3) is 11.1 Å². The average molecular weight is 364 g/mol. The van der Waals surface area contributed by atoms with Gasteiger partial charge in [-0.3, -0.25) is 9.48 Å². The van der Waals surface area contributed by atoms with Crippen molar-refractivity contribution in [2.24, 2.45) is 5.92 Å². The molecule has 4 nitrogen and oxygen atoms in total. The minimum absolute atomic E-state index is 0.119. The molecular weight excluding hydrogens is 342 g/mol. The third kappa shape index (κ3) is 5.30. The van der Waals surface area contributed by atoms with Crippen LogP contribution >= 0.6 is 15.9 Å². The lowest BCUT2D eigenvalue weighted by atomic mass is 10.1. The number of rotatable bonds is 7. The van der Waals surface area contributed by atoms with Gasteiger partial charge in [0.05, 0.1) is 6.20 Å².